The van der Waals surface area contributed by atoms with E-state index in [4.69, 9.17) is 5.73 Å². The van der Waals surface area contributed by atoms with Crippen LogP contribution in [-0.4, -0.2) is 11.9 Å². The summed E-state index contributed by atoms with van der Waals surface area (Å²) < 4.78 is 23.3. The Labute approximate surface area is 49.5 Å². The highest BCUT2D eigenvalue weighted by Gasteiger charge is 2.79. The van der Waals surface area contributed by atoms with Gasteiger partial charge in [-0.3, -0.25) is 4.79 Å². The molecule has 3 rings (SSSR count). The minimum Gasteiger partial charge on any atom is -0.363 e. The summed E-state index contributed by atoms with van der Waals surface area (Å²) in [6.07, 6.45) is 0. The molecule has 0 aliphatic carbocycles. The molecule has 0 saturated carbocycles. The van der Waals surface area contributed by atoms with E-state index in [1.807, 2.05) is 0 Å². The quantitative estimate of drug-likeness (QED) is 0.501. The van der Waals surface area contributed by atoms with E-state index in [1.54, 1.807) is 0 Å². The Morgan fingerprint density at radius 3 is 2.00 bits per heavy atom. The van der Waals surface area contributed by atoms with Crippen LogP contribution in [0.25, 0.3) is 0 Å². The maximum Gasteiger partial charge on any atom is 0.489 e. The third-order valence-electron chi connectivity index (χ3n) is 0.998. The van der Waals surface area contributed by atoms with E-state index >= 15 is 0 Å². The number of carbonyl (C=O) groups is 1. The molecule has 2 bridgehead atoms. The van der Waals surface area contributed by atoms with Gasteiger partial charge in [0.25, 0.3) is 0 Å². The summed E-state index contributed by atoms with van der Waals surface area (Å²) in [6.45, 7) is 0. The molecule has 50 valence electrons. The lowest BCUT2D eigenvalue weighted by atomic mass is 10.5. The van der Waals surface area contributed by atoms with Gasteiger partial charge in [-0.05, 0) is 0 Å². The van der Waals surface area contributed by atoms with Crippen LogP contribution in [0.15, 0.2) is 0 Å². The van der Waals surface area contributed by atoms with Gasteiger partial charge in [-0.15, -0.1) is 0 Å². The van der Waals surface area contributed by atoms with Crippen LogP contribution >= 0.6 is 7.82 Å². The predicted molar refractivity (Wildman–Crippen MR) is 22.8 cm³/mol. The largest absolute Gasteiger partial charge is 0.489 e. The summed E-state index contributed by atoms with van der Waals surface area (Å²) in [5.41, 5.74) is 4.69. The Kier molecular flexibility index (Phi) is 0.634. The van der Waals surface area contributed by atoms with E-state index in [0.29, 0.717) is 0 Å². The summed E-state index contributed by atoms with van der Waals surface area (Å²) in [5.74, 6) is -2.71. The Morgan fingerprint density at radius 2 is 1.89 bits per heavy atom. The summed E-state index contributed by atoms with van der Waals surface area (Å²) in [6, 6.07) is 0. The second kappa shape index (κ2) is 1.06. The van der Waals surface area contributed by atoms with Crippen LogP contribution in [0.2, 0.25) is 0 Å². The van der Waals surface area contributed by atoms with Gasteiger partial charge in [0.2, 0.25) is 0 Å². The SMILES string of the molecule is NC(=O)C12OP(=O)(O1)O2. The molecule has 0 radical (unpaired) electrons. The van der Waals surface area contributed by atoms with E-state index in [1.165, 1.54) is 0 Å². The van der Waals surface area contributed by atoms with Crippen molar-refractivity contribution in [3.05, 3.63) is 0 Å². The average molecular weight is 151 g/mol. The van der Waals surface area contributed by atoms with Gasteiger partial charge in [0.1, 0.15) is 0 Å². The third-order valence-corrected chi connectivity index (χ3v) is 2.39. The van der Waals surface area contributed by atoms with Crippen molar-refractivity contribution in [2.24, 2.45) is 5.73 Å². The molecule has 0 aromatic heterocycles. The van der Waals surface area contributed by atoms with E-state index in [-0.39, 0.29) is 0 Å². The molecule has 7 heteroatoms. The van der Waals surface area contributed by atoms with Crippen LogP contribution in [0.4, 0.5) is 0 Å². The molecule has 0 atom stereocenters. The molecule has 3 heterocycles. The van der Waals surface area contributed by atoms with Gasteiger partial charge in [-0.25, -0.2) is 18.1 Å². The lowest BCUT2D eigenvalue weighted by Gasteiger charge is -2.52. The van der Waals surface area contributed by atoms with E-state index in [9.17, 15) is 9.36 Å². The highest BCUT2D eigenvalue weighted by Crippen LogP contribution is 2.79. The fourth-order valence-electron chi connectivity index (χ4n) is 0.597. The maximum atomic E-state index is 10.4. The summed E-state index contributed by atoms with van der Waals surface area (Å²) in [5, 5.41) is 0. The van der Waals surface area contributed by atoms with Crippen LogP contribution < -0.4 is 5.73 Å². The van der Waals surface area contributed by atoms with Gasteiger partial charge in [-0.2, -0.15) is 0 Å². The van der Waals surface area contributed by atoms with Crippen LogP contribution in [0, 0.1) is 0 Å². The highest BCUT2D eigenvalue weighted by molar-refractivity contribution is 7.52. The molecule has 0 spiro atoms. The first kappa shape index (κ1) is 5.37. The minimum atomic E-state index is -3.24. The molecular weight excluding hydrogens is 149 g/mol. The van der Waals surface area contributed by atoms with Crippen molar-refractivity contribution < 1.29 is 22.9 Å². The first-order valence-electron chi connectivity index (χ1n) is 2.09. The zero-order valence-corrected chi connectivity index (χ0v) is 4.96. The van der Waals surface area contributed by atoms with Crippen molar-refractivity contribution in [3.63, 3.8) is 0 Å². The average Bonchev–Trinajstić information content (AvgIpc) is 1.54. The number of primary amides is 1. The standard InChI is InChI=1S/C2H2NO5P/c3-1(4)2-6-9(5,7-2)8-2/h(H2,3,4). The van der Waals surface area contributed by atoms with Crippen molar-refractivity contribution in [2.75, 3.05) is 0 Å². The fraction of sp³-hybridized carbons (Fsp3) is 0.500. The van der Waals surface area contributed by atoms with Gasteiger partial charge < -0.3 is 5.73 Å². The first-order chi connectivity index (χ1) is 4.06. The molecule has 3 aliphatic rings. The zero-order chi connectivity index (χ0) is 6.70. The van der Waals surface area contributed by atoms with Gasteiger partial charge in [0, 0.05) is 0 Å². The normalized spacial score (nSPS) is 53.3. The highest BCUT2D eigenvalue weighted by atomic mass is 31.2. The molecule has 0 aromatic carbocycles. The number of hydrogen-bond acceptors (Lipinski definition) is 5. The lowest BCUT2D eigenvalue weighted by Crippen LogP contribution is -2.64. The van der Waals surface area contributed by atoms with Gasteiger partial charge in [-0.1, -0.05) is 0 Å². The third kappa shape index (κ3) is 0.424. The predicted octanol–water partition coefficient (Wildman–Crippen LogP) is -0.689. The number of nitrogens with two attached hydrogens (primary N) is 1. The Balaban J connectivity index is 2.21. The number of phosphoric acid groups is 1. The molecule has 1 amide bonds. The van der Waals surface area contributed by atoms with Crippen molar-refractivity contribution >= 4 is 13.7 Å². The van der Waals surface area contributed by atoms with Gasteiger partial charge >= 0.3 is 19.7 Å². The molecule has 6 nitrogen and oxygen atoms in total. The summed E-state index contributed by atoms with van der Waals surface area (Å²) in [4.78, 5) is 10.2. The lowest BCUT2D eigenvalue weighted by molar-refractivity contribution is -0.398. The maximum absolute atomic E-state index is 10.4. The first-order valence-corrected chi connectivity index (χ1v) is 3.55. The molecular formula is C2H2NO5P. The molecule has 3 aliphatic heterocycles. The van der Waals surface area contributed by atoms with Gasteiger partial charge in [0.15, 0.2) is 0 Å². The van der Waals surface area contributed by atoms with Crippen LogP contribution in [0.1, 0.15) is 0 Å². The second-order valence-electron chi connectivity index (χ2n) is 1.64. The van der Waals surface area contributed by atoms with Crippen molar-refractivity contribution in [2.45, 2.75) is 5.97 Å². The van der Waals surface area contributed by atoms with Crippen molar-refractivity contribution in [1.29, 1.82) is 0 Å². The topological polar surface area (TPSA) is 87.9 Å². The monoisotopic (exact) mass is 151 g/mol. The number of hydrogen-bond donors (Lipinski definition) is 1. The number of phosphoric ester groups is 1. The second-order valence-corrected chi connectivity index (χ2v) is 3.08. The smallest absolute Gasteiger partial charge is 0.363 e. The molecule has 3 saturated heterocycles. The summed E-state index contributed by atoms with van der Waals surface area (Å²) >= 11 is 0. The van der Waals surface area contributed by atoms with Crippen molar-refractivity contribution in [1.82, 2.24) is 0 Å². The molecule has 3 fully saturated rings. The van der Waals surface area contributed by atoms with E-state index in [0.717, 1.165) is 0 Å². The minimum absolute atomic E-state index is 0.916. The van der Waals surface area contributed by atoms with E-state index < -0.39 is 19.7 Å². The molecule has 0 aromatic rings. The summed E-state index contributed by atoms with van der Waals surface area (Å²) in [7, 11) is -3.24. The van der Waals surface area contributed by atoms with Crippen LogP contribution in [-0.2, 0) is 22.9 Å². The number of carbonyl (C=O) groups excluding carboxylic acids is 1. The number of rotatable bonds is 1. The van der Waals surface area contributed by atoms with Crippen LogP contribution in [0.5, 0.6) is 0 Å². The van der Waals surface area contributed by atoms with Gasteiger partial charge in [0.05, 0.1) is 0 Å². The molecule has 9 heavy (non-hydrogen) atoms. The molecule has 2 N–H and O–H groups in total. The van der Waals surface area contributed by atoms with E-state index in [2.05, 4.69) is 13.6 Å². The Morgan fingerprint density at radius 1 is 1.44 bits per heavy atom. The number of amides is 1. The van der Waals surface area contributed by atoms with Crippen molar-refractivity contribution in [3.8, 4) is 0 Å². The Hall–Kier alpha value is -0.420. The fourth-order valence-corrected chi connectivity index (χ4v) is 1.79. The molecule has 0 unspecified atom stereocenters. The van der Waals surface area contributed by atoms with Crippen LogP contribution in [0.3, 0.4) is 0 Å². The Bertz CT molecular complexity index is 209. The zero-order valence-electron chi connectivity index (χ0n) is 4.07.